The molecule has 2 bridgehead atoms. The number of esters is 1. The summed E-state index contributed by atoms with van der Waals surface area (Å²) >= 11 is 0. The van der Waals surface area contributed by atoms with Gasteiger partial charge in [-0.2, -0.15) is 5.26 Å². The van der Waals surface area contributed by atoms with E-state index in [0.717, 1.165) is 13.0 Å². The molecular formula is C11H16N2O2. The average molecular weight is 208 g/mol. The number of nitriles is 1. The zero-order chi connectivity index (χ0) is 11.1. The number of carbonyl (C=O) groups is 1. The molecule has 2 saturated heterocycles. The van der Waals surface area contributed by atoms with Crippen LogP contribution in [0.5, 0.6) is 0 Å². The Morgan fingerprint density at radius 2 is 2.40 bits per heavy atom. The lowest BCUT2D eigenvalue weighted by atomic mass is 9.74. The Balaban J connectivity index is 1.90. The molecule has 1 saturated carbocycles. The third kappa shape index (κ3) is 1.84. The van der Waals surface area contributed by atoms with E-state index in [4.69, 9.17) is 10.00 Å². The van der Waals surface area contributed by atoms with Gasteiger partial charge < -0.3 is 10.1 Å². The normalized spacial score (nSPS) is 33.0. The second-order valence-corrected chi connectivity index (χ2v) is 5.05. The Kier molecular flexibility index (Phi) is 2.43. The Morgan fingerprint density at radius 3 is 2.87 bits per heavy atom. The SMILES string of the molecule is CC(C)(CC#N)OC(=O)C1C2CNC1C2. The maximum absolute atomic E-state index is 11.8. The van der Waals surface area contributed by atoms with Crippen LogP contribution >= 0.6 is 0 Å². The maximum atomic E-state index is 11.8. The molecule has 0 aromatic heterocycles. The highest BCUT2D eigenvalue weighted by atomic mass is 16.6. The molecule has 0 aromatic carbocycles. The number of nitrogens with zero attached hydrogens (tertiary/aromatic N) is 1. The van der Waals surface area contributed by atoms with Crippen molar-refractivity contribution in [1.82, 2.24) is 5.32 Å². The van der Waals surface area contributed by atoms with Crippen LogP contribution in [0.25, 0.3) is 0 Å². The van der Waals surface area contributed by atoms with E-state index in [9.17, 15) is 4.79 Å². The standard InChI is InChI=1S/C11H16N2O2/c1-11(2,3-4-12)15-10(14)9-7-5-8(9)13-6-7/h7-9,13H,3,5-6H2,1-2H3. The molecule has 3 aliphatic rings. The molecule has 1 aliphatic carbocycles. The third-order valence-electron chi connectivity index (χ3n) is 3.29. The smallest absolute Gasteiger partial charge is 0.311 e. The van der Waals surface area contributed by atoms with Gasteiger partial charge >= 0.3 is 5.97 Å². The minimum Gasteiger partial charge on any atom is -0.458 e. The first kappa shape index (κ1) is 10.4. The molecule has 0 spiro atoms. The molecule has 4 nitrogen and oxygen atoms in total. The van der Waals surface area contributed by atoms with Gasteiger partial charge in [0.15, 0.2) is 0 Å². The van der Waals surface area contributed by atoms with Crippen LogP contribution < -0.4 is 5.32 Å². The van der Waals surface area contributed by atoms with Crippen LogP contribution in [-0.2, 0) is 9.53 Å². The Hall–Kier alpha value is -1.08. The molecule has 3 unspecified atom stereocenters. The van der Waals surface area contributed by atoms with E-state index >= 15 is 0 Å². The number of hydrogen-bond donors (Lipinski definition) is 1. The van der Waals surface area contributed by atoms with Gasteiger partial charge in [0.1, 0.15) is 5.60 Å². The summed E-state index contributed by atoms with van der Waals surface area (Å²) < 4.78 is 5.36. The van der Waals surface area contributed by atoms with E-state index in [1.807, 2.05) is 6.07 Å². The van der Waals surface area contributed by atoms with Gasteiger partial charge in [-0.1, -0.05) is 0 Å². The summed E-state index contributed by atoms with van der Waals surface area (Å²) in [6.07, 6.45) is 1.34. The molecule has 2 aliphatic heterocycles. The lowest BCUT2D eigenvalue weighted by molar-refractivity contribution is -0.166. The highest BCUT2D eigenvalue weighted by molar-refractivity contribution is 5.76. The van der Waals surface area contributed by atoms with E-state index in [1.54, 1.807) is 13.8 Å². The summed E-state index contributed by atoms with van der Waals surface area (Å²) in [5.74, 6) is 0.352. The third-order valence-corrected chi connectivity index (χ3v) is 3.29. The second-order valence-electron chi connectivity index (χ2n) is 5.05. The topological polar surface area (TPSA) is 62.1 Å². The molecule has 82 valence electrons. The molecule has 4 heteroatoms. The second kappa shape index (κ2) is 3.49. The molecule has 0 amide bonds. The number of hydrogen-bond acceptors (Lipinski definition) is 4. The van der Waals surface area contributed by atoms with Crippen molar-refractivity contribution in [3.8, 4) is 6.07 Å². The van der Waals surface area contributed by atoms with Gasteiger partial charge in [0.05, 0.1) is 18.4 Å². The molecule has 0 aromatic rings. The Morgan fingerprint density at radius 1 is 1.67 bits per heavy atom. The lowest BCUT2D eigenvalue weighted by Gasteiger charge is -2.35. The van der Waals surface area contributed by atoms with Crippen molar-refractivity contribution in [2.45, 2.75) is 38.3 Å². The molecule has 3 fully saturated rings. The van der Waals surface area contributed by atoms with E-state index in [-0.39, 0.29) is 18.3 Å². The zero-order valence-electron chi connectivity index (χ0n) is 9.12. The van der Waals surface area contributed by atoms with Gasteiger partial charge in [-0.15, -0.1) is 0 Å². The number of carbonyl (C=O) groups excluding carboxylic acids is 1. The average Bonchev–Trinajstić information content (AvgIpc) is 2.60. The van der Waals surface area contributed by atoms with E-state index in [1.165, 1.54) is 0 Å². The van der Waals surface area contributed by atoms with Crippen LogP contribution in [0.4, 0.5) is 0 Å². The largest absolute Gasteiger partial charge is 0.458 e. The number of nitrogens with one attached hydrogen (secondary N) is 1. The summed E-state index contributed by atoms with van der Waals surface area (Å²) in [5.41, 5.74) is -0.652. The van der Waals surface area contributed by atoms with Crippen LogP contribution in [0.2, 0.25) is 0 Å². The zero-order valence-corrected chi connectivity index (χ0v) is 9.12. The first-order valence-corrected chi connectivity index (χ1v) is 5.37. The van der Waals surface area contributed by atoms with Crippen molar-refractivity contribution < 1.29 is 9.53 Å². The summed E-state index contributed by atoms with van der Waals surface area (Å²) in [6.45, 7) is 4.49. The van der Waals surface area contributed by atoms with Crippen LogP contribution in [0.15, 0.2) is 0 Å². The number of ether oxygens (including phenoxy) is 1. The fraction of sp³-hybridized carbons (Fsp3) is 0.818. The van der Waals surface area contributed by atoms with Crippen molar-refractivity contribution in [2.24, 2.45) is 11.8 Å². The minimum atomic E-state index is -0.652. The number of rotatable bonds is 3. The fourth-order valence-electron chi connectivity index (χ4n) is 2.40. The lowest BCUT2D eigenvalue weighted by Crippen LogP contribution is -2.45. The van der Waals surface area contributed by atoms with Gasteiger partial charge in [0.25, 0.3) is 0 Å². The van der Waals surface area contributed by atoms with Crippen LogP contribution in [0.1, 0.15) is 26.7 Å². The highest BCUT2D eigenvalue weighted by Crippen LogP contribution is 2.41. The molecule has 15 heavy (non-hydrogen) atoms. The molecule has 3 atom stereocenters. The summed E-state index contributed by atoms with van der Waals surface area (Å²) in [5, 5.41) is 11.9. The molecule has 2 heterocycles. The van der Waals surface area contributed by atoms with Crippen molar-refractivity contribution >= 4 is 5.97 Å². The first-order chi connectivity index (χ1) is 7.03. The van der Waals surface area contributed by atoms with Crippen molar-refractivity contribution in [3.63, 3.8) is 0 Å². The molecule has 3 rings (SSSR count). The van der Waals surface area contributed by atoms with Crippen LogP contribution in [0.3, 0.4) is 0 Å². The molecule has 0 radical (unpaired) electrons. The Bertz CT molecular complexity index is 305. The summed E-state index contributed by atoms with van der Waals surface area (Å²) in [6, 6.07) is 2.35. The summed E-state index contributed by atoms with van der Waals surface area (Å²) in [7, 11) is 0. The number of fused-ring (bicyclic) bond motifs is 1. The van der Waals surface area contributed by atoms with Crippen molar-refractivity contribution in [2.75, 3.05) is 6.54 Å². The van der Waals surface area contributed by atoms with Crippen LogP contribution in [-0.4, -0.2) is 24.2 Å². The monoisotopic (exact) mass is 208 g/mol. The van der Waals surface area contributed by atoms with Gasteiger partial charge in [-0.25, -0.2) is 0 Å². The molecular weight excluding hydrogens is 192 g/mol. The van der Waals surface area contributed by atoms with Crippen molar-refractivity contribution in [3.05, 3.63) is 0 Å². The minimum absolute atomic E-state index is 0.0305. The van der Waals surface area contributed by atoms with E-state index < -0.39 is 5.60 Å². The fourth-order valence-corrected chi connectivity index (χ4v) is 2.40. The van der Waals surface area contributed by atoms with Gasteiger partial charge in [0.2, 0.25) is 0 Å². The quantitative estimate of drug-likeness (QED) is 0.698. The first-order valence-electron chi connectivity index (χ1n) is 5.37. The van der Waals surface area contributed by atoms with Gasteiger partial charge in [-0.05, 0) is 32.7 Å². The van der Waals surface area contributed by atoms with Gasteiger partial charge in [-0.3, -0.25) is 4.79 Å². The molecule has 1 N–H and O–H groups in total. The van der Waals surface area contributed by atoms with Crippen molar-refractivity contribution in [1.29, 1.82) is 5.26 Å². The summed E-state index contributed by atoms with van der Waals surface area (Å²) in [4.78, 5) is 11.8. The Labute approximate surface area is 89.6 Å². The van der Waals surface area contributed by atoms with E-state index in [0.29, 0.717) is 12.0 Å². The predicted molar refractivity (Wildman–Crippen MR) is 53.8 cm³/mol. The highest BCUT2D eigenvalue weighted by Gasteiger charge is 2.52. The maximum Gasteiger partial charge on any atom is 0.311 e. The predicted octanol–water partition coefficient (Wildman–Crippen LogP) is 0.830. The van der Waals surface area contributed by atoms with Gasteiger partial charge in [0, 0.05) is 6.04 Å². The van der Waals surface area contributed by atoms with Crippen LogP contribution in [0, 0.1) is 23.2 Å². The van der Waals surface area contributed by atoms with E-state index in [2.05, 4.69) is 5.32 Å².